The molecular weight excluding hydrogens is 245 g/mol. The zero-order valence-corrected chi connectivity index (χ0v) is 10.1. The van der Waals surface area contributed by atoms with Crippen LogP contribution in [0.2, 0.25) is 10.0 Å². The Morgan fingerprint density at radius 2 is 2.06 bits per heavy atom. The summed E-state index contributed by atoms with van der Waals surface area (Å²) < 4.78 is 5.68. The fraction of sp³-hybridized carbons (Fsp3) is 0.333. The number of furan rings is 1. The molecule has 0 amide bonds. The summed E-state index contributed by atoms with van der Waals surface area (Å²) in [5.41, 5.74) is 0.721. The van der Waals surface area contributed by atoms with Crippen LogP contribution in [-0.4, -0.2) is 6.04 Å². The highest BCUT2D eigenvalue weighted by Gasteiger charge is 2.20. The van der Waals surface area contributed by atoms with Gasteiger partial charge in [0.1, 0.15) is 5.76 Å². The van der Waals surface area contributed by atoms with Crippen molar-refractivity contribution >= 4 is 34.2 Å². The Hall–Kier alpha value is -0.700. The summed E-state index contributed by atoms with van der Waals surface area (Å²) in [7, 11) is 0. The van der Waals surface area contributed by atoms with Gasteiger partial charge in [0.15, 0.2) is 5.58 Å². The zero-order valence-electron chi connectivity index (χ0n) is 8.59. The molecule has 0 saturated heterocycles. The van der Waals surface area contributed by atoms with Gasteiger partial charge >= 0.3 is 0 Å². The molecule has 0 bridgehead atoms. The minimum absolute atomic E-state index is 0.570. The second-order valence-electron chi connectivity index (χ2n) is 4.17. The van der Waals surface area contributed by atoms with Gasteiger partial charge in [0.2, 0.25) is 0 Å². The summed E-state index contributed by atoms with van der Waals surface area (Å²) in [5, 5.41) is 5.57. The van der Waals surface area contributed by atoms with Crippen LogP contribution in [0.4, 0.5) is 0 Å². The topological polar surface area (TPSA) is 25.2 Å². The fourth-order valence-electron chi connectivity index (χ4n) is 1.75. The molecular formula is C12H11Cl2NO. The maximum absolute atomic E-state index is 6.05. The third-order valence-electron chi connectivity index (χ3n) is 2.73. The van der Waals surface area contributed by atoms with E-state index in [4.69, 9.17) is 27.6 Å². The zero-order chi connectivity index (χ0) is 11.1. The minimum Gasteiger partial charge on any atom is -0.458 e. The molecule has 1 aliphatic rings. The SMILES string of the molecule is Clc1cc(Cl)c2oc(CNC3CC3)cc2c1. The van der Waals surface area contributed by atoms with Gasteiger partial charge in [-0.15, -0.1) is 0 Å². The van der Waals surface area contributed by atoms with Crippen LogP contribution < -0.4 is 5.32 Å². The molecule has 0 aliphatic heterocycles. The molecule has 0 atom stereocenters. The van der Waals surface area contributed by atoms with Crippen LogP contribution in [0.5, 0.6) is 0 Å². The van der Waals surface area contributed by atoms with E-state index >= 15 is 0 Å². The second kappa shape index (κ2) is 3.95. The van der Waals surface area contributed by atoms with E-state index in [1.54, 1.807) is 6.07 Å². The highest BCUT2D eigenvalue weighted by Crippen LogP contribution is 2.30. The summed E-state index contributed by atoms with van der Waals surface area (Å²) in [6.45, 7) is 0.757. The van der Waals surface area contributed by atoms with Gasteiger partial charge in [-0.3, -0.25) is 0 Å². The summed E-state index contributed by atoms with van der Waals surface area (Å²) in [6, 6.07) is 6.23. The van der Waals surface area contributed by atoms with Crippen LogP contribution in [0.3, 0.4) is 0 Å². The molecule has 2 aromatic rings. The Labute approximate surface area is 104 Å². The molecule has 2 nitrogen and oxygen atoms in total. The number of nitrogens with one attached hydrogen (secondary N) is 1. The lowest BCUT2D eigenvalue weighted by molar-refractivity contribution is 0.512. The molecule has 1 heterocycles. The van der Waals surface area contributed by atoms with Crippen molar-refractivity contribution in [3.63, 3.8) is 0 Å². The quantitative estimate of drug-likeness (QED) is 0.898. The number of halogens is 2. The number of rotatable bonds is 3. The van der Waals surface area contributed by atoms with E-state index in [9.17, 15) is 0 Å². The van der Waals surface area contributed by atoms with E-state index in [0.717, 1.165) is 23.3 Å². The Morgan fingerprint density at radius 3 is 2.81 bits per heavy atom. The molecule has 1 aromatic heterocycles. The van der Waals surface area contributed by atoms with Crippen LogP contribution in [0, 0.1) is 0 Å². The second-order valence-corrected chi connectivity index (χ2v) is 5.02. The maximum Gasteiger partial charge on any atom is 0.153 e. The summed E-state index contributed by atoms with van der Waals surface area (Å²) in [6.07, 6.45) is 2.54. The van der Waals surface area contributed by atoms with Gasteiger partial charge in [-0.2, -0.15) is 0 Å². The van der Waals surface area contributed by atoms with Crippen LogP contribution in [0.25, 0.3) is 11.0 Å². The van der Waals surface area contributed by atoms with E-state index in [-0.39, 0.29) is 0 Å². The molecule has 0 radical (unpaired) electrons. The maximum atomic E-state index is 6.05. The molecule has 4 heteroatoms. The standard InChI is InChI=1S/C12H11Cl2NO/c13-8-3-7-4-10(6-15-9-1-2-9)16-12(7)11(14)5-8/h3-5,9,15H,1-2,6H2. The predicted octanol–water partition coefficient (Wildman–Crippen LogP) is 3.99. The van der Waals surface area contributed by atoms with Gasteiger partial charge in [0.05, 0.1) is 11.6 Å². The Kier molecular flexibility index (Phi) is 2.58. The van der Waals surface area contributed by atoms with Crippen molar-refractivity contribution in [1.82, 2.24) is 5.32 Å². The van der Waals surface area contributed by atoms with Gasteiger partial charge in [-0.1, -0.05) is 23.2 Å². The molecule has 1 saturated carbocycles. The van der Waals surface area contributed by atoms with E-state index in [2.05, 4.69) is 5.32 Å². The summed E-state index contributed by atoms with van der Waals surface area (Å²) >= 11 is 12.0. The van der Waals surface area contributed by atoms with Gasteiger partial charge in [-0.05, 0) is 31.0 Å². The molecule has 1 aliphatic carbocycles. The lowest BCUT2D eigenvalue weighted by Gasteiger charge is -1.97. The largest absolute Gasteiger partial charge is 0.458 e. The molecule has 1 N–H and O–H groups in total. The first kappa shape index (κ1) is 10.5. The van der Waals surface area contributed by atoms with E-state index in [1.165, 1.54) is 12.8 Å². The van der Waals surface area contributed by atoms with Crippen molar-refractivity contribution in [3.05, 3.63) is 34.0 Å². The van der Waals surface area contributed by atoms with Gasteiger partial charge < -0.3 is 9.73 Å². The normalized spacial score (nSPS) is 15.9. The average Bonchev–Trinajstić information content (AvgIpc) is 2.96. The van der Waals surface area contributed by atoms with E-state index in [1.807, 2.05) is 12.1 Å². The third kappa shape index (κ3) is 2.05. The van der Waals surface area contributed by atoms with Gasteiger partial charge in [0, 0.05) is 16.5 Å². The van der Waals surface area contributed by atoms with Crippen LogP contribution in [0.1, 0.15) is 18.6 Å². The smallest absolute Gasteiger partial charge is 0.153 e. The van der Waals surface area contributed by atoms with E-state index < -0.39 is 0 Å². The van der Waals surface area contributed by atoms with Crippen molar-refractivity contribution in [2.45, 2.75) is 25.4 Å². The lowest BCUT2D eigenvalue weighted by atomic mass is 10.2. The van der Waals surface area contributed by atoms with Crippen molar-refractivity contribution in [2.75, 3.05) is 0 Å². The predicted molar refractivity (Wildman–Crippen MR) is 66.1 cm³/mol. The van der Waals surface area contributed by atoms with Crippen molar-refractivity contribution in [2.24, 2.45) is 0 Å². The highest BCUT2D eigenvalue weighted by atomic mass is 35.5. The Balaban J connectivity index is 1.91. The van der Waals surface area contributed by atoms with Crippen LogP contribution in [0.15, 0.2) is 22.6 Å². The van der Waals surface area contributed by atoms with Crippen LogP contribution in [-0.2, 0) is 6.54 Å². The monoisotopic (exact) mass is 255 g/mol. The lowest BCUT2D eigenvalue weighted by Crippen LogP contribution is -2.14. The number of hydrogen-bond donors (Lipinski definition) is 1. The number of hydrogen-bond acceptors (Lipinski definition) is 2. The highest BCUT2D eigenvalue weighted by molar-refractivity contribution is 6.38. The third-order valence-corrected chi connectivity index (χ3v) is 3.23. The van der Waals surface area contributed by atoms with Crippen molar-refractivity contribution in [1.29, 1.82) is 0 Å². The van der Waals surface area contributed by atoms with E-state index in [0.29, 0.717) is 16.1 Å². The van der Waals surface area contributed by atoms with Gasteiger partial charge in [0.25, 0.3) is 0 Å². The fourth-order valence-corrected chi connectivity index (χ4v) is 2.30. The first-order valence-electron chi connectivity index (χ1n) is 5.33. The molecule has 1 fully saturated rings. The number of benzene rings is 1. The first-order valence-corrected chi connectivity index (χ1v) is 6.09. The first-order chi connectivity index (χ1) is 7.72. The molecule has 16 heavy (non-hydrogen) atoms. The van der Waals surface area contributed by atoms with Gasteiger partial charge in [-0.25, -0.2) is 0 Å². The molecule has 84 valence electrons. The summed E-state index contributed by atoms with van der Waals surface area (Å²) in [5.74, 6) is 0.908. The Bertz CT molecular complexity index is 531. The van der Waals surface area contributed by atoms with Crippen molar-refractivity contribution < 1.29 is 4.42 Å². The molecule has 0 spiro atoms. The average molecular weight is 256 g/mol. The molecule has 1 aromatic carbocycles. The molecule has 0 unspecified atom stereocenters. The summed E-state index contributed by atoms with van der Waals surface area (Å²) in [4.78, 5) is 0. The van der Waals surface area contributed by atoms with Crippen molar-refractivity contribution in [3.8, 4) is 0 Å². The molecule has 3 rings (SSSR count). The number of fused-ring (bicyclic) bond motifs is 1. The van der Waals surface area contributed by atoms with Crippen LogP contribution >= 0.6 is 23.2 Å². The minimum atomic E-state index is 0.570. The Morgan fingerprint density at radius 1 is 1.25 bits per heavy atom.